The number of carbonyl (C=O) groups excluding carboxylic acids is 3. The molecule has 4 nitrogen and oxygen atoms in total. The zero-order valence-electron chi connectivity index (χ0n) is 11.8. The van der Waals surface area contributed by atoms with E-state index in [1.54, 1.807) is 12.1 Å². The van der Waals surface area contributed by atoms with Gasteiger partial charge in [0.25, 0.3) is 0 Å². The van der Waals surface area contributed by atoms with Gasteiger partial charge in [-0.25, -0.2) is 4.79 Å². The van der Waals surface area contributed by atoms with Crippen molar-refractivity contribution in [3.8, 4) is 16.9 Å². The van der Waals surface area contributed by atoms with E-state index in [2.05, 4.69) is 13.2 Å². The van der Waals surface area contributed by atoms with E-state index in [0.29, 0.717) is 5.75 Å². The van der Waals surface area contributed by atoms with Crippen molar-refractivity contribution in [3.05, 3.63) is 73.3 Å². The average molecular weight is 294 g/mol. The fourth-order valence-electron chi connectivity index (χ4n) is 1.68. The summed E-state index contributed by atoms with van der Waals surface area (Å²) < 4.78 is 5.02. The van der Waals surface area contributed by atoms with Gasteiger partial charge in [-0.15, -0.1) is 0 Å². The molecule has 0 saturated heterocycles. The molecule has 2 rings (SSSR count). The Bertz CT molecular complexity index is 676. The maximum atomic E-state index is 11.1. The van der Waals surface area contributed by atoms with Crippen LogP contribution >= 0.6 is 0 Å². The van der Waals surface area contributed by atoms with Crippen LogP contribution in [0.25, 0.3) is 17.2 Å². The Balaban J connectivity index is 0.000000745. The van der Waals surface area contributed by atoms with E-state index >= 15 is 0 Å². The first-order chi connectivity index (χ1) is 10.6. The second kappa shape index (κ2) is 8.84. The molecule has 4 heteroatoms. The molecule has 0 fully saturated rings. The highest BCUT2D eigenvalue weighted by molar-refractivity contribution is 5.83. The van der Waals surface area contributed by atoms with Crippen LogP contribution in [-0.2, 0) is 14.4 Å². The normalized spacial score (nSPS) is 8.73. The van der Waals surface area contributed by atoms with Crippen LogP contribution in [0.15, 0.2) is 67.8 Å². The molecule has 0 aliphatic rings. The van der Waals surface area contributed by atoms with Gasteiger partial charge in [-0.3, -0.25) is 0 Å². The van der Waals surface area contributed by atoms with Crippen LogP contribution in [0.1, 0.15) is 5.56 Å². The largest absolute Gasteiger partial charge is 0.423 e. The van der Waals surface area contributed by atoms with Gasteiger partial charge in [0.2, 0.25) is 0 Å². The summed E-state index contributed by atoms with van der Waals surface area (Å²) in [5.41, 5.74) is 3.25. The summed E-state index contributed by atoms with van der Waals surface area (Å²) in [6.07, 6.45) is 3.20. The molecule has 0 amide bonds. The lowest BCUT2D eigenvalue weighted by molar-refractivity contribution is -0.191. The Kier molecular flexibility index (Phi) is 6.76. The Labute approximate surface area is 128 Å². The molecule has 0 N–H and O–H groups in total. The predicted molar refractivity (Wildman–Crippen MR) is 82.8 cm³/mol. The standard InChI is InChI=1S/C17H14O2.CO2/c1-3-13-5-7-14(8-6-13)15-9-11-16(12-10-15)19-17(18)4-2;2-1-3/h3-12H,1-2H2;. The van der Waals surface area contributed by atoms with E-state index in [0.717, 1.165) is 22.8 Å². The lowest BCUT2D eigenvalue weighted by atomic mass is 10.0. The summed E-state index contributed by atoms with van der Waals surface area (Å²) in [7, 11) is 0. The fraction of sp³-hybridized carbons (Fsp3) is 0. The van der Waals surface area contributed by atoms with Crippen molar-refractivity contribution in [1.82, 2.24) is 0 Å². The van der Waals surface area contributed by atoms with Crippen molar-refractivity contribution in [2.24, 2.45) is 0 Å². The molecular weight excluding hydrogens is 280 g/mol. The highest BCUT2D eigenvalue weighted by Crippen LogP contribution is 2.23. The number of rotatable bonds is 4. The van der Waals surface area contributed by atoms with Gasteiger partial charge in [0.05, 0.1) is 0 Å². The molecule has 0 aliphatic carbocycles. The van der Waals surface area contributed by atoms with Crippen LogP contribution in [0.2, 0.25) is 0 Å². The predicted octanol–water partition coefficient (Wildman–Crippen LogP) is 3.50. The van der Waals surface area contributed by atoms with Crippen LogP contribution in [0.4, 0.5) is 0 Å². The topological polar surface area (TPSA) is 60.4 Å². The van der Waals surface area contributed by atoms with Crippen LogP contribution in [0.5, 0.6) is 5.75 Å². The number of ether oxygens (including phenoxy) is 1. The van der Waals surface area contributed by atoms with Crippen molar-refractivity contribution < 1.29 is 19.1 Å². The van der Waals surface area contributed by atoms with E-state index in [-0.39, 0.29) is 6.15 Å². The molecule has 2 aromatic carbocycles. The van der Waals surface area contributed by atoms with Gasteiger partial charge in [0.1, 0.15) is 5.75 Å². The second-order valence-corrected chi connectivity index (χ2v) is 4.06. The summed E-state index contributed by atoms with van der Waals surface area (Å²) in [5, 5.41) is 0. The first-order valence-electron chi connectivity index (χ1n) is 6.31. The molecule has 0 heterocycles. The van der Waals surface area contributed by atoms with E-state index in [1.165, 1.54) is 0 Å². The summed E-state index contributed by atoms with van der Waals surface area (Å²) in [4.78, 5) is 27.3. The van der Waals surface area contributed by atoms with E-state index in [4.69, 9.17) is 14.3 Å². The monoisotopic (exact) mass is 294 g/mol. The molecule has 0 atom stereocenters. The summed E-state index contributed by atoms with van der Waals surface area (Å²) in [5.74, 6) is 0.0550. The minimum Gasteiger partial charge on any atom is -0.423 e. The van der Waals surface area contributed by atoms with Gasteiger partial charge in [-0.2, -0.15) is 9.59 Å². The minimum absolute atomic E-state index is 0.250. The molecule has 0 aliphatic heterocycles. The highest BCUT2D eigenvalue weighted by Gasteiger charge is 2.01. The third-order valence-corrected chi connectivity index (χ3v) is 2.72. The third kappa shape index (κ3) is 5.04. The molecule has 2 aromatic rings. The Morgan fingerprint density at radius 1 is 0.909 bits per heavy atom. The van der Waals surface area contributed by atoms with Crippen LogP contribution in [0, 0.1) is 0 Å². The van der Waals surface area contributed by atoms with Gasteiger partial charge in [0, 0.05) is 6.08 Å². The zero-order chi connectivity index (χ0) is 16.4. The van der Waals surface area contributed by atoms with E-state index < -0.39 is 5.97 Å². The zero-order valence-corrected chi connectivity index (χ0v) is 11.8. The van der Waals surface area contributed by atoms with Crippen LogP contribution < -0.4 is 4.74 Å². The maximum absolute atomic E-state index is 11.1. The Morgan fingerprint density at radius 3 is 1.77 bits per heavy atom. The van der Waals surface area contributed by atoms with Crippen molar-refractivity contribution in [3.63, 3.8) is 0 Å². The first-order valence-corrected chi connectivity index (χ1v) is 6.31. The van der Waals surface area contributed by atoms with Gasteiger partial charge in [-0.1, -0.05) is 55.6 Å². The van der Waals surface area contributed by atoms with E-state index in [9.17, 15) is 4.79 Å². The molecular formula is C18H14O4. The lowest BCUT2D eigenvalue weighted by Crippen LogP contribution is -2.02. The highest BCUT2D eigenvalue weighted by atomic mass is 16.5. The molecule has 0 bridgehead atoms. The summed E-state index contributed by atoms with van der Waals surface area (Å²) >= 11 is 0. The molecule has 110 valence electrons. The van der Waals surface area contributed by atoms with Gasteiger partial charge < -0.3 is 4.74 Å². The number of hydrogen-bond donors (Lipinski definition) is 0. The molecule has 0 aromatic heterocycles. The fourth-order valence-corrected chi connectivity index (χ4v) is 1.68. The van der Waals surface area contributed by atoms with E-state index in [1.807, 2.05) is 42.5 Å². The number of carbonyl (C=O) groups is 1. The average Bonchev–Trinajstić information content (AvgIpc) is 2.56. The van der Waals surface area contributed by atoms with Gasteiger partial charge >= 0.3 is 12.1 Å². The molecule has 22 heavy (non-hydrogen) atoms. The Hall–Kier alpha value is -3.23. The quantitative estimate of drug-likeness (QED) is 0.492. The maximum Gasteiger partial charge on any atom is 0.373 e. The van der Waals surface area contributed by atoms with Gasteiger partial charge in [-0.05, 0) is 28.8 Å². The van der Waals surface area contributed by atoms with Crippen molar-refractivity contribution in [2.75, 3.05) is 0 Å². The number of benzene rings is 2. The van der Waals surface area contributed by atoms with Crippen LogP contribution in [-0.4, -0.2) is 12.1 Å². The summed E-state index contributed by atoms with van der Waals surface area (Å²) in [6, 6.07) is 15.4. The number of hydrogen-bond acceptors (Lipinski definition) is 4. The molecule has 0 saturated carbocycles. The van der Waals surface area contributed by atoms with Crippen molar-refractivity contribution in [1.29, 1.82) is 0 Å². The summed E-state index contributed by atoms with van der Waals surface area (Å²) in [6.45, 7) is 7.08. The lowest BCUT2D eigenvalue weighted by Gasteiger charge is -2.05. The molecule has 0 radical (unpaired) electrons. The molecule has 0 unspecified atom stereocenters. The second-order valence-electron chi connectivity index (χ2n) is 4.06. The van der Waals surface area contributed by atoms with Crippen molar-refractivity contribution >= 4 is 18.2 Å². The number of esters is 1. The van der Waals surface area contributed by atoms with Crippen molar-refractivity contribution in [2.45, 2.75) is 0 Å². The Morgan fingerprint density at radius 2 is 1.36 bits per heavy atom. The SMILES string of the molecule is C=CC(=O)Oc1ccc(-c2ccc(C=C)cc2)cc1.O=C=O. The molecule has 0 spiro atoms. The smallest absolute Gasteiger partial charge is 0.373 e. The van der Waals surface area contributed by atoms with Crippen LogP contribution in [0.3, 0.4) is 0 Å². The minimum atomic E-state index is -0.455. The third-order valence-electron chi connectivity index (χ3n) is 2.72. The first kappa shape index (κ1) is 16.8. The van der Waals surface area contributed by atoms with Gasteiger partial charge in [0.15, 0.2) is 0 Å².